The quantitative estimate of drug-likeness (QED) is 0.370. The molecular weight excluding hydrogens is 487 g/mol. The highest BCUT2D eigenvalue weighted by molar-refractivity contribution is 9.10. The summed E-state index contributed by atoms with van der Waals surface area (Å²) in [6, 6.07) is 14.4. The van der Waals surface area contributed by atoms with Crippen LogP contribution in [0.1, 0.15) is 5.89 Å². The van der Waals surface area contributed by atoms with E-state index in [1.165, 1.54) is 34.1 Å². The van der Waals surface area contributed by atoms with E-state index in [-0.39, 0.29) is 18.1 Å². The second kappa shape index (κ2) is 7.71. The molecule has 3 heterocycles. The Morgan fingerprint density at radius 3 is 2.68 bits per heavy atom. The standard InChI is InChI=1S/C21H12BrFN4O3S/c22-13-6-4-12(5-7-13)19-24-17(30-25-19)11-26-16-8-9-31-18(16)20(28)27(21(26)29)15-3-1-2-14(23)10-15/h1-10H,11H2. The van der Waals surface area contributed by atoms with Crippen LogP contribution in [0.4, 0.5) is 4.39 Å². The van der Waals surface area contributed by atoms with Crippen molar-refractivity contribution in [3.8, 4) is 17.1 Å². The summed E-state index contributed by atoms with van der Waals surface area (Å²) in [5.74, 6) is 0.0465. The van der Waals surface area contributed by atoms with Gasteiger partial charge in [-0.1, -0.05) is 27.2 Å². The molecule has 154 valence electrons. The second-order valence-corrected chi connectivity index (χ2v) is 8.47. The van der Waals surface area contributed by atoms with Gasteiger partial charge in [-0.25, -0.2) is 13.8 Å². The molecular formula is C21H12BrFN4O3S. The first-order valence-corrected chi connectivity index (χ1v) is 10.8. The molecule has 0 bridgehead atoms. The molecule has 0 N–H and O–H groups in total. The lowest BCUT2D eigenvalue weighted by Gasteiger charge is -2.10. The summed E-state index contributed by atoms with van der Waals surface area (Å²) in [6.07, 6.45) is 0. The number of hydrogen-bond acceptors (Lipinski definition) is 6. The highest BCUT2D eigenvalue weighted by Crippen LogP contribution is 2.21. The molecule has 10 heteroatoms. The molecule has 0 saturated carbocycles. The summed E-state index contributed by atoms with van der Waals surface area (Å²) in [7, 11) is 0. The van der Waals surface area contributed by atoms with Crippen molar-refractivity contribution in [2.75, 3.05) is 0 Å². The SMILES string of the molecule is O=c1c2sccc2n(Cc2nc(-c3ccc(Br)cc3)no2)c(=O)n1-c1cccc(F)c1. The van der Waals surface area contributed by atoms with Crippen molar-refractivity contribution in [1.29, 1.82) is 0 Å². The molecule has 0 atom stereocenters. The third-order valence-corrected chi connectivity index (χ3v) is 6.11. The molecule has 0 aliphatic carbocycles. The summed E-state index contributed by atoms with van der Waals surface area (Å²) in [5, 5.41) is 5.71. The van der Waals surface area contributed by atoms with E-state index >= 15 is 0 Å². The second-order valence-electron chi connectivity index (χ2n) is 6.64. The first-order valence-electron chi connectivity index (χ1n) is 9.09. The Balaban J connectivity index is 1.63. The Morgan fingerprint density at radius 2 is 1.90 bits per heavy atom. The van der Waals surface area contributed by atoms with Crippen molar-refractivity contribution in [2.45, 2.75) is 6.54 Å². The largest absolute Gasteiger partial charge is 0.337 e. The van der Waals surface area contributed by atoms with Gasteiger partial charge >= 0.3 is 5.69 Å². The van der Waals surface area contributed by atoms with Gasteiger partial charge < -0.3 is 4.52 Å². The molecule has 7 nitrogen and oxygen atoms in total. The molecule has 0 radical (unpaired) electrons. The lowest BCUT2D eigenvalue weighted by atomic mass is 10.2. The third kappa shape index (κ3) is 3.53. The molecule has 0 amide bonds. The van der Waals surface area contributed by atoms with Gasteiger partial charge in [-0.3, -0.25) is 9.36 Å². The zero-order chi connectivity index (χ0) is 21.5. The van der Waals surface area contributed by atoms with Crippen LogP contribution in [-0.4, -0.2) is 19.3 Å². The topological polar surface area (TPSA) is 82.9 Å². The van der Waals surface area contributed by atoms with E-state index in [4.69, 9.17) is 4.52 Å². The van der Waals surface area contributed by atoms with Crippen molar-refractivity contribution < 1.29 is 8.91 Å². The number of thiophene rings is 1. The molecule has 0 aliphatic rings. The number of nitrogens with zero attached hydrogens (tertiary/aromatic N) is 4. The van der Waals surface area contributed by atoms with Crippen LogP contribution in [0, 0.1) is 5.82 Å². The van der Waals surface area contributed by atoms with Crippen LogP contribution < -0.4 is 11.2 Å². The Hall–Kier alpha value is -3.37. The van der Waals surface area contributed by atoms with E-state index < -0.39 is 17.1 Å². The summed E-state index contributed by atoms with van der Waals surface area (Å²) >= 11 is 4.58. The van der Waals surface area contributed by atoms with E-state index in [2.05, 4.69) is 26.1 Å². The lowest BCUT2D eigenvalue weighted by Crippen LogP contribution is -2.38. The molecule has 5 rings (SSSR count). The summed E-state index contributed by atoms with van der Waals surface area (Å²) < 4.78 is 22.7. The molecule has 0 fully saturated rings. The molecule has 31 heavy (non-hydrogen) atoms. The van der Waals surface area contributed by atoms with Crippen LogP contribution in [0.3, 0.4) is 0 Å². The van der Waals surface area contributed by atoms with Gasteiger partial charge in [-0.05, 0) is 53.9 Å². The summed E-state index contributed by atoms with van der Waals surface area (Å²) in [4.78, 5) is 30.6. The van der Waals surface area contributed by atoms with Crippen LogP contribution in [0.15, 0.2) is 78.6 Å². The molecule has 5 aromatic rings. The van der Waals surface area contributed by atoms with Gasteiger partial charge in [0, 0.05) is 10.0 Å². The van der Waals surface area contributed by atoms with Crippen LogP contribution >= 0.6 is 27.3 Å². The lowest BCUT2D eigenvalue weighted by molar-refractivity contribution is 0.370. The highest BCUT2D eigenvalue weighted by Gasteiger charge is 2.18. The van der Waals surface area contributed by atoms with Gasteiger partial charge in [0.25, 0.3) is 5.56 Å². The Labute approximate surface area is 186 Å². The van der Waals surface area contributed by atoms with Crippen LogP contribution in [0.5, 0.6) is 0 Å². The fourth-order valence-electron chi connectivity index (χ4n) is 3.25. The fraction of sp³-hybridized carbons (Fsp3) is 0.0476. The van der Waals surface area contributed by atoms with E-state index in [0.29, 0.717) is 16.0 Å². The molecule has 0 unspecified atom stereocenters. The van der Waals surface area contributed by atoms with Gasteiger partial charge in [0.15, 0.2) is 0 Å². The smallest absolute Gasteiger partial charge is 0.336 e. The van der Waals surface area contributed by atoms with Crippen LogP contribution in [0.25, 0.3) is 27.3 Å². The minimum absolute atomic E-state index is 0.0365. The number of halogens is 2. The van der Waals surface area contributed by atoms with Crippen molar-refractivity contribution in [3.05, 3.63) is 97.0 Å². The number of hydrogen-bond donors (Lipinski definition) is 0. The monoisotopic (exact) mass is 498 g/mol. The number of rotatable bonds is 4. The predicted molar refractivity (Wildman–Crippen MR) is 118 cm³/mol. The van der Waals surface area contributed by atoms with Gasteiger partial charge in [0.1, 0.15) is 17.1 Å². The predicted octanol–water partition coefficient (Wildman–Crippen LogP) is 4.21. The van der Waals surface area contributed by atoms with E-state index in [0.717, 1.165) is 20.7 Å². The Kier molecular flexibility index (Phi) is 4.87. The van der Waals surface area contributed by atoms with Crippen molar-refractivity contribution in [1.82, 2.24) is 19.3 Å². The summed E-state index contributed by atoms with van der Waals surface area (Å²) in [5.41, 5.74) is 0.245. The highest BCUT2D eigenvalue weighted by atomic mass is 79.9. The maximum Gasteiger partial charge on any atom is 0.336 e. The van der Waals surface area contributed by atoms with Crippen molar-refractivity contribution in [2.24, 2.45) is 0 Å². The van der Waals surface area contributed by atoms with Gasteiger partial charge in [-0.15, -0.1) is 11.3 Å². The van der Waals surface area contributed by atoms with E-state index in [9.17, 15) is 14.0 Å². The van der Waals surface area contributed by atoms with Gasteiger partial charge in [-0.2, -0.15) is 4.98 Å². The molecule has 3 aromatic heterocycles. The van der Waals surface area contributed by atoms with Crippen LogP contribution in [-0.2, 0) is 6.54 Å². The van der Waals surface area contributed by atoms with Crippen molar-refractivity contribution >= 4 is 37.5 Å². The van der Waals surface area contributed by atoms with E-state index in [1.54, 1.807) is 11.4 Å². The fourth-order valence-corrected chi connectivity index (χ4v) is 4.34. The first kappa shape index (κ1) is 19.6. The minimum atomic E-state index is -0.620. The number of benzene rings is 2. The minimum Gasteiger partial charge on any atom is -0.337 e. The van der Waals surface area contributed by atoms with Gasteiger partial charge in [0.05, 0.1) is 11.2 Å². The zero-order valence-electron chi connectivity index (χ0n) is 15.7. The Morgan fingerprint density at radius 1 is 1.10 bits per heavy atom. The number of fused-ring (bicyclic) bond motifs is 1. The molecule has 2 aromatic carbocycles. The third-order valence-electron chi connectivity index (χ3n) is 4.69. The Bertz CT molecular complexity index is 1540. The average Bonchev–Trinajstić information content (AvgIpc) is 3.42. The maximum atomic E-state index is 13.7. The molecule has 0 spiro atoms. The molecule has 0 saturated heterocycles. The van der Waals surface area contributed by atoms with Gasteiger partial charge in [0.2, 0.25) is 11.7 Å². The summed E-state index contributed by atoms with van der Waals surface area (Å²) in [6.45, 7) is -0.0365. The zero-order valence-corrected chi connectivity index (χ0v) is 18.1. The molecule has 0 aliphatic heterocycles. The maximum absolute atomic E-state index is 13.7. The average molecular weight is 499 g/mol. The van der Waals surface area contributed by atoms with Crippen molar-refractivity contribution in [3.63, 3.8) is 0 Å². The van der Waals surface area contributed by atoms with Crippen LogP contribution in [0.2, 0.25) is 0 Å². The number of aromatic nitrogens is 4. The normalized spacial score (nSPS) is 11.3. The van der Waals surface area contributed by atoms with E-state index in [1.807, 2.05) is 24.3 Å². The first-order chi connectivity index (χ1) is 15.0.